The number of H-pyrrole nitrogens is 1. The van der Waals surface area contributed by atoms with E-state index in [4.69, 9.17) is 4.74 Å². The fourth-order valence-corrected chi connectivity index (χ4v) is 5.66. The Balaban J connectivity index is 1.52. The van der Waals surface area contributed by atoms with Gasteiger partial charge in [0.25, 0.3) is 5.91 Å². The van der Waals surface area contributed by atoms with Crippen LogP contribution in [0.2, 0.25) is 0 Å². The smallest absolute Gasteiger partial charge is 0.339 e. The van der Waals surface area contributed by atoms with Crippen molar-refractivity contribution < 1.29 is 19.1 Å². The van der Waals surface area contributed by atoms with Crippen molar-refractivity contribution in [3.05, 3.63) is 101 Å². The maximum atomic E-state index is 14.1. The monoisotopic (exact) mass is 493 g/mol. The van der Waals surface area contributed by atoms with Gasteiger partial charge in [-0.05, 0) is 40.8 Å². The van der Waals surface area contributed by atoms with Crippen molar-refractivity contribution in [1.29, 1.82) is 0 Å². The third kappa shape index (κ3) is 3.45. The summed E-state index contributed by atoms with van der Waals surface area (Å²) in [5, 5.41) is 1.05. The van der Waals surface area contributed by atoms with E-state index in [0.717, 1.165) is 32.6 Å². The molecule has 3 heterocycles. The maximum Gasteiger partial charge on any atom is 0.339 e. The number of fused-ring (bicyclic) bond motifs is 4. The van der Waals surface area contributed by atoms with Gasteiger partial charge in [-0.2, -0.15) is 0 Å². The number of hydrogen-bond acceptors (Lipinski definition) is 4. The Kier molecular flexibility index (Phi) is 5.37. The number of aromatic amines is 1. The zero-order chi connectivity index (χ0) is 25.8. The maximum absolute atomic E-state index is 14.1. The number of carbonyl (C=O) groups is 3. The molecule has 0 spiro atoms. The summed E-state index contributed by atoms with van der Waals surface area (Å²) in [7, 11) is 1.28. The van der Waals surface area contributed by atoms with Crippen LogP contribution in [0.1, 0.15) is 58.5 Å². The summed E-state index contributed by atoms with van der Waals surface area (Å²) >= 11 is 0. The Morgan fingerprint density at radius 2 is 1.68 bits per heavy atom. The Hall–Kier alpha value is -4.39. The standard InChI is InChI=1S/C30H27N3O4/c1-17(2)18-12-14-19(15-13-18)27-26-22(20-8-4-6-10-23(20)31-26)16-25-28(34)33(30(36)32(25)27)24-11-7-5-9-21(24)29(35)37-3/h4-15,17,25,27,31H,16H2,1-3H3/t25-,27?/m0/s1. The molecule has 1 aromatic heterocycles. The molecular formula is C30H27N3O4. The van der Waals surface area contributed by atoms with Gasteiger partial charge in [0, 0.05) is 23.0 Å². The van der Waals surface area contributed by atoms with Crippen LogP contribution in [0.3, 0.4) is 0 Å². The van der Waals surface area contributed by atoms with E-state index in [1.165, 1.54) is 12.7 Å². The highest BCUT2D eigenvalue weighted by Gasteiger charge is 2.53. The van der Waals surface area contributed by atoms with E-state index in [9.17, 15) is 14.4 Å². The lowest BCUT2D eigenvalue weighted by molar-refractivity contribution is -0.120. The van der Waals surface area contributed by atoms with Crippen molar-refractivity contribution in [2.45, 2.75) is 38.3 Å². The van der Waals surface area contributed by atoms with E-state index in [1.807, 2.05) is 36.4 Å². The van der Waals surface area contributed by atoms with Crippen LogP contribution < -0.4 is 4.90 Å². The lowest BCUT2D eigenvalue weighted by Crippen LogP contribution is -2.44. The number of nitrogens with zero attached hydrogens (tertiary/aromatic N) is 2. The van der Waals surface area contributed by atoms with Crippen LogP contribution >= 0.6 is 0 Å². The average molecular weight is 494 g/mol. The molecule has 0 bridgehead atoms. The van der Waals surface area contributed by atoms with Gasteiger partial charge in [0.05, 0.1) is 18.4 Å². The number of benzene rings is 3. The minimum Gasteiger partial charge on any atom is -0.465 e. The van der Waals surface area contributed by atoms with E-state index in [0.29, 0.717) is 12.3 Å². The van der Waals surface area contributed by atoms with Crippen LogP contribution in [-0.4, -0.2) is 40.9 Å². The Labute approximate surface area is 214 Å². The molecule has 2 aliphatic heterocycles. The second-order valence-electron chi connectivity index (χ2n) is 9.88. The lowest BCUT2D eigenvalue weighted by atomic mass is 9.88. The quantitative estimate of drug-likeness (QED) is 0.298. The topological polar surface area (TPSA) is 82.7 Å². The number of nitrogens with one attached hydrogen (secondary N) is 1. The molecule has 6 rings (SSSR count). The highest BCUT2D eigenvalue weighted by molar-refractivity contribution is 6.23. The number of anilines is 1. The number of aromatic nitrogens is 1. The number of ether oxygens (including phenoxy) is 1. The van der Waals surface area contributed by atoms with Crippen molar-refractivity contribution in [3.63, 3.8) is 0 Å². The molecule has 1 N–H and O–H groups in total. The molecule has 7 nitrogen and oxygen atoms in total. The third-order valence-corrected chi connectivity index (χ3v) is 7.52. The van der Waals surface area contributed by atoms with Gasteiger partial charge in [-0.15, -0.1) is 0 Å². The normalized spacial score (nSPS) is 18.9. The van der Waals surface area contributed by atoms with Crippen molar-refractivity contribution in [2.24, 2.45) is 0 Å². The molecule has 4 aromatic rings. The van der Waals surface area contributed by atoms with Crippen LogP contribution in [0.25, 0.3) is 10.9 Å². The summed E-state index contributed by atoms with van der Waals surface area (Å²) in [6.45, 7) is 4.28. The predicted molar refractivity (Wildman–Crippen MR) is 141 cm³/mol. The van der Waals surface area contributed by atoms with Crippen molar-refractivity contribution in [1.82, 2.24) is 9.88 Å². The summed E-state index contributed by atoms with van der Waals surface area (Å²) in [5.41, 5.74) is 5.47. The summed E-state index contributed by atoms with van der Waals surface area (Å²) in [5.74, 6) is -0.573. The highest BCUT2D eigenvalue weighted by atomic mass is 16.5. The number of para-hydroxylation sites is 2. The molecule has 0 radical (unpaired) electrons. The van der Waals surface area contributed by atoms with Crippen molar-refractivity contribution >= 4 is 34.5 Å². The van der Waals surface area contributed by atoms with Gasteiger partial charge < -0.3 is 9.72 Å². The molecule has 3 amide bonds. The Morgan fingerprint density at radius 1 is 0.973 bits per heavy atom. The number of rotatable bonds is 4. The summed E-state index contributed by atoms with van der Waals surface area (Å²) in [4.78, 5) is 46.8. The second-order valence-corrected chi connectivity index (χ2v) is 9.88. The van der Waals surface area contributed by atoms with Gasteiger partial charge in [-0.3, -0.25) is 9.69 Å². The number of esters is 1. The first-order chi connectivity index (χ1) is 17.9. The molecule has 1 unspecified atom stereocenters. The van der Waals surface area contributed by atoms with Gasteiger partial charge in [0.15, 0.2) is 0 Å². The lowest BCUT2D eigenvalue weighted by Gasteiger charge is -2.36. The van der Waals surface area contributed by atoms with Gasteiger partial charge >= 0.3 is 12.0 Å². The molecule has 3 aromatic carbocycles. The molecule has 0 aliphatic carbocycles. The number of hydrogen-bond donors (Lipinski definition) is 1. The zero-order valence-electron chi connectivity index (χ0n) is 20.9. The van der Waals surface area contributed by atoms with Gasteiger partial charge in [-0.25, -0.2) is 14.5 Å². The number of imide groups is 1. The summed E-state index contributed by atoms with van der Waals surface area (Å²) < 4.78 is 4.93. The van der Waals surface area contributed by atoms with Crippen LogP contribution in [0.15, 0.2) is 72.8 Å². The highest BCUT2D eigenvalue weighted by Crippen LogP contribution is 2.45. The second kappa shape index (κ2) is 8.62. The molecule has 1 fully saturated rings. The molecule has 0 saturated carbocycles. The van der Waals surface area contributed by atoms with Crippen LogP contribution in [0.5, 0.6) is 0 Å². The SMILES string of the molecule is COC(=O)c1ccccc1N1C(=O)[C@@H]2Cc3c([nH]c4ccccc34)C(c3ccc(C(C)C)cc3)N2C1=O. The fourth-order valence-electron chi connectivity index (χ4n) is 5.66. The fraction of sp³-hybridized carbons (Fsp3) is 0.233. The number of methoxy groups -OCH3 is 1. The van der Waals surface area contributed by atoms with Gasteiger partial charge in [-0.1, -0.05) is 68.4 Å². The van der Waals surface area contributed by atoms with E-state index >= 15 is 0 Å². The van der Waals surface area contributed by atoms with E-state index in [1.54, 1.807) is 29.2 Å². The minimum absolute atomic E-state index is 0.174. The average Bonchev–Trinajstić information content (AvgIpc) is 3.41. The molecular weight excluding hydrogens is 466 g/mol. The first-order valence-electron chi connectivity index (χ1n) is 12.4. The molecule has 2 aliphatic rings. The van der Waals surface area contributed by atoms with E-state index < -0.39 is 24.1 Å². The Bertz CT molecular complexity index is 1550. The molecule has 2 atom stereocenters. The number of amides is 3. The van der Waals surface area contributed by atoms with Crippen LogP contribution in [0, 0.1) is 0 Å². The molecule has 7 heteroatoms. The van der Waals surface area contributed by atoms with Crippen molar-refractivity contribution in [2.75, 3.05) is 12.0 Å². The van der Waals surface area contributed by atoms with Crippen LogP contribution in [-0.2, 0) is 16.0 Å². The molecule has 186 valence electrons. The minimum atomic E-state index is -0.695. The van der Waals surface area contributed by atoms with Crippen LogP contribution in [0.4, 0.5) is 10.5 Å². The first kappa shape index (κ1) is 23.0. The molecule has 1 saturated heterocycles. The number of urea groups is 1. The summed E-state index contributed by atoms with van der Waals surface area (Å²) in [6, 6.07) is 21.2. The largest absolute Gasteiger partial charge is 0.465 e. The van der Waals surface area contributed by atoms with E-state index in [2.05, 4.69) is 31.0 Å². The van der Waals surface area contributed by atoms with E-state index in [-0.39, 0.29) is 17.2 Å². The Morgan fingerprint density at radius 3 is 2.41 bits per heavy atom. The first-order valence-corrected chi connectivity index (χ1v) is 12.4. The third-order valence-electron chi connectivity index (χ3n) is 7.52. The van der Waals surface area contributed by atoms with Gasteiger partial charge in [0.1, 0.15) is 12.1 Å². The zero-order valence-corrected chi connectivity index (χ0v) is 20.9. The molecule has 37 heavy (non-hydrogen) atoms. The number of carbonyl (C=O) groups excluding carboxylic acids is 3. The summed E-state index contributed by atoms with van der Waals surface area (Å²) in [6.07, 6.45) is 0.390. The predicted octanol–water partition coefficient (Wildman–Crippen LogP) is 5.56. The van der Waals surface area contributed by atoms with Crippen molar-refractivity contribution in [3.8, 4) is 0 Å². The van der Waals surface area contributed by atoms with Gasteiger partial charge in [0.2, 0.25) is 0 Å².